The normalized spacial score (nSPS) is 24.4. The first-order valence-corrected chi connectivity index (χ1v) is 6.08. The molecule has 1 aliphatic rings. The molecular weight excluding hydrogens is 236 g/mol. The molecule has 18 heavy (non-hydrogen) atoms. The Bertz CT molecular complexity index is 367. The quantitative estimate of drug-likeness (QED) is 0.710. The molecule has 0 radical (unpaired) electrons. The number of carbonyl (C=O) groups is 4. The Labute approximate surface area is 106 Å². The molecule has 4 amide bonds. The van der Waals surface area contributed by atoms with E-state index in [1.54, 1.807) is 13.8 Å². The first-order valence-electron chi connectivity index (χ1n) is 6.08. The van der Waals surface area contributed by atoms with E-state index >= 15 is 0 Å². The summed E-state index contributed by atoms with van der Waals surface area (Å²) in [5.74, 6) is -1.76. The maximum Gasteiger partial charge on any atom is 0.252 e. The number of amides is 4. The van der Waals surface area contributed by atoms with Gasteiger partial charge >= 0.3 is 0 Å². The molecular formula is C12H18N2O4. The van der Waals surface area contributed by atoms with Crippen molar-refractivity contribution in [2.75, 3.05) is 0 Å². The first kappa shape index (κ1) is 14.3. The molecule has 0 N–H and O–H groups in total. The Morgan fingerprint density at radius 3 is 1.39 bits per heavy atom. The fraction of sp³-hybridized carbons (Fsp3) is 0.667. The van der Waals surface area contributed by atoms with Gasteiger partial charge in [-0.25, -0.2) is 0 Å². The van der Waals surface area contributed by atoms with Crippen molar-refractivity contribution in [1.82, 2.24) is 9.80 Å². The largest absolute Gasteiger partial charge is 0.274 e. The summed E-state index contributed by atoms with van der Waals surface area (Å²) in [7, 11) is 0. The van der Waals surface area contributed by atoms with Crippen molar-refractivity contribution in [1.29, 1.82) is 0 Å². The zero-order valence-corrected chi connectivity index (χ0v) is 11.1. The van der Waals surface area contributed by atoms with Crippen molar-refractivity contribution in [3.05, 3.63) is 0 Å². The molecule has 1 rings (SSSR count). The highest BCUT2D eigenvalue weighted by atomic mass is 16.2. The zero-order valence-electron chi connectivity index (χ0n) is 11.1. The summed E-state index contributed by atoms with van der Waals surface area (Å²) in [6.07, 6.45) is 0.301. The molecule has 0 bridgehead atoms. The van der Waals surface area contributed by atoms with Gasteiger partial charge in [-0.3, -0.25) is 29.0 Å². The van der Waals surface area contributed by atoms with Crippen LogP contribution in [0.4, 0.5) is 0 Å². The maximum absolute atomic E-state index is 12.1. The average molecular weight is 254 g/mol. The maximum atomic E-state index is 12.1. The Balaban J connectivity index is 3.11. The van der Waals surface area contributed by atoms with E-state index in [0.717, 1.165) is 9.80 Å². The van der Waals surface area contributed by atoms with Crippen molar-refractivity contribution in [3.8, 4) is 0 Å². The van der Waals surface area contributed by atoms with Crippen molar-refractivity contribution >= 4 is 23.6 Å². The highest BCUT2D eigenvalue weighted by Gasteiger charge is 2.46. The molecule has 1 heterocycles. The van der Waals surface area contributed by atoms with Crippen molar-refractivity contribution in [2.45, 2.75) is 52.6 Å². The molecule has 0 spiro atoms. The van der Waals surface area contributed by atoms with Gasteiger partial charge in [-0.2, -0.15) is 0 Å². The standard InChI is InChI=1S/C12H18N2O4/c1-5-9(15)13-7(3)12(18)14(10(16)6-2)8(4)11(13)17/h7-8H,5-6H2,1-4H3. The van der Waals surface area contributed by atoms with E-state index in [1.165, 1.54) is 13.8 Å². The molecule has 1 fully saturated rings. The number of carbonyl (C=O) groups excluding carboxylic acids is 4. The van der Waals surface area contributed by atoms with Gasteiger partial charge in [0.05, 0.1) is 0 Å². The molecule has 0 aromatic heterocycles. The molecule has 0 saturated carbocycles. The number of nitrogens with zero attached hydrogens (tertiary/aromatic N) is 2. The third kappa shape index (κ3) is 2.14. The molecule has 0 aromatic carbocycles. The SMILES string of the molecule is CCC(=O)N1C(=O)C(C)N(C(=O)CC)C(=O)C1C. The third-order valence-corrected chi connectivity index (χ3v) is 3.11. The van der Waals surface area contributed by atoms with Gasteiger partial charge in [-0.15, -0.1) is 0 Å². The van der Waals surface area contributed by atoms with Crippen LogP contribution < -0.4 is 0 Å². The summed E-state index contributed by atoms with van der Waals surface area (Å²) in [6, 6.07) is -1.81. The van der Waals surface area contributed by atoms with Crippen molar-refractivity contribution in [3.63, 3.8) is 0 Å². The van der Waals surface area contributed by atoms with E-state index in [1.807, 2.05) is 0 Å². The van der Waals surface area contributed by atoms with Crippen LogP contribution in [0.1, 0.15) is 40.5 Å². The summed E-state index contributed by atoms with van der Waals surface area (Å²) >= 11 is 0. The van der Waals surface area contributed by atoms with Gasteiger partial charge in [0.25, 0.3) is 11.8 Å². The number of rotatable bonds is 2. The summed E-state index contributed by atoms with van der Waals surface area (Å²) < 4.78 is 0. The predicted octanol–water partition coefficient (Wildman–Crippen LogP) is 0.307. The van der Waals surface area contributed by atoms with Crippen LogP contribution in [0.5, 0.6) is 0 Å². The monoisotopic (exact) mass is 254 g/mol. The van der Waals surface area contributed by atoms with E-state index in [0.29, 0.717) is 0 Å². The Morgan fingerprint density at radius 2 is 1.17 bits per heavy atom. The van der Waals surface area contributed by atoms with Crippen LogP contribution in [0.25, 0.3) is 0 Å². The number of imide groups is 2. The lowest BCUT2D eigenvalue weighted by atomic mass is 10.1. The van der Waals surface area contributed by atoms with Gasteiger partial charge in [0.2, 0.25) is 11.8 Å². The molecule has 1 aliphatic heterocycles. The molecule has 0 aliphatic carbocycles. The minimum absolute atomic E-state index is 0.151. The zero-order chi connectivity index (χ0) is 14.0. The number of piperazine rings is 1. The fourth-order valence-corrected chi connectivity index (χ4v) is 2.02. The molecule has 0 aromatic rings. The van der Waals surface area contributed by atoms with Crippen LogP contribution in [-0.2, 0) is 19.2 Å². The summed E-state index contributed by atoms with van der Waals surface area (Å²) in [5, 5.41) is 0. The van der Waals surface area contributed by atoms with E-state index < -0.39 is 35.7 Å². The van der Waals surface area contributed by atoms with Crippen LogP contribution in [-0.4, -0.2) is 45.5 Å². The second-order valence-corrected chi connectivity index (χ2v) is 4.26. The lowest BCUT2D eigenvalue weighted by molar-refractivity contribution is -0.170. The second kappa shape index (κ2) is 5.29. The highest BCUT2D eigenvalue weighted by Crippen LogP contribution is 2.19. The van der Waals surface area contributed by atoms with E-state index in [9.17, 15) is 19.2 Å². The minimum atomic E-state index is -0.906. The molecule has 2 atom stereocenters. The predicted molar refractivity (Wildman–Crippen MR) is 63.2 cm³/mol. The summed E-state index contributed by atoms with van der Waals surface area (Å²) in [6.45, 7) is 6.19. The number of hydrogen-bond acceptors (Lipinski definition) is 4. The Kier molecular flexibility index (Phi) is 4.21. The molecule has 6 nitrogen and oxygen atoms in total. The molecule has 100 valence electrons. The van der Waals surface area contributed by atoms with Crippen LogP contribution >= 0.6 is 0 Å². The van der Waals surface area contributed by atoms with Gasteiger partial charge in [0.15, 0.2) is 0 Å². The molecule has 6 heteroatoms. The topological polar surface area (TPSA) is 74.8 Å². The number of hydrogen-bond donors (Lipinski definition) is 0. The van der Waals surface area contributed by atoms with Gasteiger partial charge in [-0.05, 0) is 13.8 Å². The van der Waals surface area contributed by atoms with Crippen LogP contribution in [0.15, 0.2) is 0 Å². The van der Waals surface area contributed by atoms with Crippen LogP contribution in [0, 0.1) is 0 Å². The van der Waals surface area contributed by atoms with E-state index in [2.05, 4.69) is 0 Å². The van der Waals surface area contributed by atoms with Gasteiger partial charge in [0, 0.05) is 12.8 Å². The highest BCUT2D eigenvalue weighted by molar-refractivity contribution is 6.11. The first-order chi connectivity index (χ1) is 8.36. The smallest absolute Gasteiger partial charge is 0.252 e. The van der Waals surface area contributed by atoms with Gasteiger partial charge < -0.3 is 0 Å². The van der Waals surface area contributed by atoms with Crippen molar-refractivity contribution in [2.24, 2.45) is 0 Å². The van der Waals surface area contributed by atoms with E-state index in [-0.39, 0.29) is 12.8 Å². The average Bonchev–Trinajstić information content (AvgIpc) is 2.36. The summed E-state index contributed by atoms with van der Waals surface area (Å²) in [5.41, 5.74) is 0. The lowest BCUT2D eigenvalue weighted by Crippen LogP contribution is -2.65. The fourth-order valence-electron chi connectivity index (χ4n) is 2.02. The van der Waals surface area contributed by atoms with E-state index in [4.69, 9.17) is 0 Å². The third-order valence-electron chi connectivity index (χ3n) is 3.11. The Morgan fingerprint density at radius 1 is 0.889 bits per heavy atom. The van der Waals surface area contributed by atoms with Crippen molar-refractivity contribution < 1.29 is 19.2 Å². The lowest BCUT2D eigenvalue weighted by Gasteiger charge is -2.40. The van der Waals surface area contributed by atoms with Crippen LogP contribution in [0.2, 0.25) is 0 Å². The minimum Gasteiger partial charge on any atom is -0.274 e. The second-order valence-electron chi connectivity index (χ2n) is 4.26. The molecule has 1 saturated heterocycles. The summed E-state index contributed by atoms with van der Waals surface area (Å²) in [4.78, 5) is 49.4. The Hall–Kier alpha value is -1.72. The van der Waals surface area contributed by atoms with Crippen LogP contribution in [0.3, 0.4) is 0 Å². The van der Waals surface area contributed by atoms with Gasteiger partial charge in [-0.1, -0.05) is 13.8 Å². The van der Waals surface area contributed by atoms with Gasteiger partial charge in [0.1, 0.15) is 12.1 Å². The molecule has 2 unspecified atom stereocenters.